The number of rotatable bonds is 7. The molecule has 0 saturated heterocycles. The van der Waals surface area contributed by atoms with Crippen LogP contribution in [0.4, 0.5) is 0 Å². The third-order valence-corrected chi connectivity index (χ3v) is 4.76. The fourth-order valence-electron chi connectivity index (χ4n) is 3.02. The van der Waals surface area contributed by atoms with E-state index in [1.165, 1.54) is 19.3 Å². The van der Waals surface area contributed by atoms with Gasteiger partial charge in [-0.3, -0.25) is 4.79 Å². The summed E-state index contributed by atoms with van der Waals surface area (Å²) in [5.41, 5.74) is 0.174. The molecular formula is C21H26O6. The number of phenols is 1. The Labute approximate surface area is 159 Å². The Bertz CT molecular complexity index is 713. The van der Waals surface area contributed by atoms with Gasteiger partial charge in [-0.1, -0.05) is 18.7 Å². The SMILES string of the molecule is C=CCOC(=O)[C@]1(C)CC[C@H](OC(=O)C=Cc2ccc(O)c(OC)c2)CC1. The van der Waals surface area contributed by atoms with Crippen molar-refractivity contribution >= 4 is 18.0 Å². The highest BCUT2D eigenvalue weighted by atomic mass is 16.5. The number of methoxy groups -OCH3 is 1. The maximum atomic E-state index is 12.1. The number of phenolic OH excluding ortho intramolecular Hbond substituents is 1. The fourth-order valence-corrected chi connectivity index (χ4v) is 3.02. The number of carbonyl (C=O) groups is 2. The minimum Gasteiger partial charge on any atom is -0.504 e. The van der Waals surface area contributed by atoms with Gasteiger partial charge in [0.15, 0.2) is 11.5 Å². The smallest absolute Gasteiger partial charge is 0.331 e. The average Bonchev–Trinajstić information content (AvgIpc) is 2.67. The van der Waals surface area contributed by atoms with Crippen molar-refractivity contribution < 1.29 is 28.9 Å². The van der Waals surface area contributed by atoms with Crippen LogP contribution in [0, 0.1) is 5.41 Å². The highest BCUT2D eigenvalue weighted by Crippen LogP contribution is 2.38. The molecule has 0 heterocycles. The number of benzene rings is 1. The number of aromatic hydroxyl groups is 1. The van der Waals surface area contributed by atoms with E-state index in [0.29, 0.717) is 37.0 Å². The fraction of sp³-hybridized carbons (Fsp3) is 0.429. The molecule has 6 nitrogen and oxygen atoms in total. The van der Waals surface area contributed by atoms with Gasteiger partial charge in [0.25, 0.3) is 0 Å². The molecular weight excluding hydrogens is 348 g/mol. The van der Waals surface area contributed by atoms with E-state index in [4.69, 9.17) is 14.2 Å². The van der Waals surface area contributed by atoms with E-state index in [-0.39, 0.29) is 24.4 Å². The normalized spacial score (nSPS) is 22.2. The molecule has 27 heavy (non-hydrogen) atoms. The Morgan fingerprint density at radius 1 is 1.33 bits per heavy atom. The zero-order valence-electron chi connectivity index (χ0n) is 15.8. The van der Waals surface area contributed by atoms with Crippen molar-refractivity contribution in [1.29, 1.82) is 0 Å². The van der Waals surface area contributed by atoms with Crippen molar-refractivity contribution in [3.63, 3.8) is 0 Å². The number of hydrogen-bond acceptors (Lipinski definition) is 6. The van der Waals surface area contributed by atoms with Crippen LogP contribution in [-0.2, 0) is 19.1 Å². The molecule has 1 aromatic carbocycles. The summed E-state index contributed by atoms with van der Waals surface area (Å²) in [6.07, 6.45) is 6.74. The van der Waals surface area contributed by atoms with Crippen LogP contribution in [0.1, 0.15) is 38.2 Å². The summed E-state index contributed by atoms with van der Waals surface area (Å²) in [5, 5.41) is 9.58. The van der Waals surface area contributed by atoms with Gasteiger partial charge in [0.05, 0.1) is 12.5 Å². The van der Waals surface area contributed by atoms with Crippen molar-refractivity contribution in [3.05, 3.63) is 42.5 Å². The Balaban J connectivity index is 1.85. The van der Waals surface area contributed by atoms with E-state index in [2.05, 4.69) is 6.58 Å². The largest absolute Gasteiger partial charge is 0.504 e. The molecule has 0 atom stereocenters. The molecule has 1 N–H and O–H groups in total. The summed E-state index contributed by atoms with van der Waals surface area (Å²) in [7, 11) is 1.46. The lowest BCUT2D eigenvalue weighted by Gasteiger charge is -2.34. The number of esters is 2. The van der Waals surface area contributed by atoms with Gasteiger partial charge in [0.1, 0.15) is 12.7 Å². The van der Waals surface area contributed by atoms with Crippen molar-refractivity contribution in [2.75, 3.05) is 13.7 Å². The molecule has 2 rings (SSSR count). The van der Waals surface area contributed by atoms with Gasteiger partial charge >= 0.3 is 11.9 Å². The van der Waals surface area contributed by atoms with Crippen molar-refractivity contribution in [2.45, 2.75) is 38.7 Å². The van der Waals surface area contributed by atoms with Gasteiger partial charge in [-0.25, -0.2) is 4.79 Å². The molecule has 1 aliphatic rings. The summed E-state index contributed by atoms with van der Waals surface area (Å²) in [4.78, 5) is 24.2. The van der Waals surface area contributed by atoms with Crippen LogP contribution in [0.3, 0.4) is 0 Å². The topological polar surface area (TPSA) is 82.1 Å². The first-order valence-corrected chi connectivity index (χ1v) is 8.92. The minimum absolute atomic E-state index is 0.0362. The summed E-state index contributed by atoms with van der Waals surface area (Å²) >= 11 is 0. The molecule has 6 heteroatoms. The van der Waals surface area contributed by atoms with Gasteiger partial charge in [-0.05, 0) is 56.4 Å². The zero-order valence-corrected chi connectivity index (χ0v) is 15.8. The Morgan fingerprint density at radius 2 is 2.04 bits per heavy atom. The zero-order chi connectivity index (χ0) is 19.9. The van der Waals surface area contributed by atoms with Gasteiger partial charge in [0, 0.05) is 6.08 Å². The van der Waals surface area contributed by atoms with E-state index in [0.717, 1.165) is 0 Å². The molecule has 0 aromatic heterocycles. The van der Waals surface area contributed by atoms with Crippen molar-refractivity contribution in [2.24, 2.45) is 5.41 Å². The molecule has 1 saturated carbocycles. The molecule has 0 unspecified atom stereocenters. The second-order valence-electron chi connectivity index (χ2n) is 6.85. The maximum Gasteiger partial charge on any atom is 0.331 e. The summed E-state index contributed by atoms with van der Waals surface area (Å²) in [6.45, 7) is 5.63. The van der Waals surface area contributed by atoms with Gasteiger partial charge in [0.2, 0.25) is 0 Å². The molecule has 1 aliphatic carbocycles. The summed E-state index contributed by atoms with van der Waals surface area (Å²) < 4.78 is 15.7. The third kappa shape index (κ3) is 5.61. The van der Waals surface area contributed by atoms with Gasteiger partial charge in [-0.2, -0.15) is 0 Å². The van der Waals surface area contributed by atoms with Crippen LogP contribution >= 0.6 is 0 Å². The first-order chi connectivity index (χ1) is 12.9. The molecule has 1 aromatic rings. The van der Waals surface area contributed by atoms with Gasteiger partial charge in [-0.15, -0.1) is 0 Å². The van der Waals surface area contributed by atoms with E-state index < -0.39 is 11.4 Å². The molecule has 0 bridgehead atoms. The molecule has 0 radical (unpaired) electrons. The maximum absolute atomic E-state index is 12.1. The van der Waals surface area contributed by atoms with Crippen LogP contribution < -0.4 is 4.74 Å². The standard InChI is InChI=1S/C21H26O6/c1-4-13-26-20(24)21(2)11-9-16(10-12-21)27-19(23)8-6-15-5-7-17(22)18(14-15)25-3/h4-8,14,16,22H,1,9-13H2,2-3H3/t16-,21+. The van der Waals surface area contributed by atoms with E-state index in [9.17, 15) is 14.7 Å². The van der Waals surface area contributed by atoms with Crippen LogP contribution in [0.15, 0.2) is 36.9 Å². The van der Waals surface area contributed by atoms with Crippen LogP contribution in [0.5, 0.6) is 11.5 Å². The molecule has 146 valence electrons. The molecule has 0 amide bonds. The highest BCUT2D eigenvalue weighted by molar-refractivity contribution is 5.87. The van der Waals surface area contributed by atoms with Crippen molar-refractivity contribution in [1.82, 2.24) is 0 Å². The Hall–Kier alpha value is -2.76. The lowest BCUT2D eigenvalue weighted by molar-refractivity contribution is -0.158. The third-order valence-electron chi connectivity index (χ3n) is 4.76. The lowest BCUT2D eigenvalue weighted by atomic mass is 9.74. The van der Waals surface area contributed by atoms with Crippen LogP contribution in [0.25, 0.3) is 6.08 Å². The monoisotopic (exact) mass is 374 g/mol. The lowest BCUT2D eigenvalue weighted by Crippen LogP contribution is -2.37. The van der Waals surface area contributed by atoms with E-state index in [1.54, 1.807) is 24.3 Å². The summed E-state index contributed by atoms with van der Waals surface area (Å²) in [5.74, 6) is -0.298. The Morgan fingerprint density at radius 3 is 2.67 bits per heavy atom. The number of carbonyl (C=O) groups excluding carboxylic acids is 2. The first kappa shape index (κ1) is 20.6. The number of hydrogen-bond donors (Lipinski definition) is 1. The van der Waals surface area contributed by atoms with Gasteiger partial charge < -0.3 is 19.3 Å². The minimum atomic E-state index is -0.537. The molecule has 0 spiro atoms. The predicted octanol–water partition coefficient (Wildman–Crippen LogP) is 3.64. The average molecular weight is 374 g/mol. The second kappa shape index (κ2) is 9.26. The first-order valence-electron chi connectivity index (χ1n) is 8.92. The van der Waals surface area contributed by atoms with E-state index in [1.807, 2.05) is 6.92 Å². The Kier molecular flexibility index (Phi) is 7.05. The molecule has 1 fully saturated rings. The van der Waals surface area contributed by atoms with E-state index >= 15 is 0 Å². The number of ether oxygens (including phenoxy) is 3. The van der Waals surface area contributed by atoms with Crippen LogP contribution in [-0.4, -0.2) is 36.9 Å². The van der Waals surface area contributed by atoms with Crippen molar-refractivity contribution in [3.8, 4) is 11.5 Å². The second-order valence-corrected chi connectivity index (χ2v) is 6.85. The highest BCUT2D eigenvalue weighted by Gasteiger charge is 2.39. The summed E-state index contributed by atoms with van der Waals surface area (Å²) in [6, 6.07) is 4.79. The molecule has 0 aliphatic heterocycles. The van der Waals surface area contributed by atoms with Crippen LogP contribution in [0.2, 0.25) is 0 Å². The predicted molar refractivity (Wildman–Crippen MR) is 101 cm³/mol. The quantitative estimate of drug-likeness (QED) is 0.446.